The summed E-state index contributed by atoms with van der Waals surface area (Å²) in [6.45, 7) is 4.94. The zero-order valence-corrected chi connectivity index (χ0v) is 17.6. The second kappa shape index (κ2) is 7.77. The van der Waals surface area contributed by atoms with Crippen LogP contribution in [0.4, 0.5) is 8.78 Å². The van der Waals surface area contributed by atoms with Crippen LogP contribution in [0.15, 0.2) is 43.9 Å². The highest BCUT2D eigenvalue weighted by Gasteiger charge is 2.37. The second-order valence-corrected chi connectivity index (χ2v) is 8.36. The zero-order valence-electron chi connectivity index (χ0n) is 17.6. The van der Waals surface area contributed by atoms with Crippen LogP contribution in [0.5, 0.6) is 0 Å². The fourth-order valence-electron chi connectivity index (χ4n) is 4.51. The number of rotatable bonds is 4. The van der Waals surface area contributed by atoms with Gasteiger partial charge in [0.05, 0.1) is 17.6 Å². The molecule has 160 valence electrons. The van der Waals surface area contributed by atoms with Crippen LogP contribution in [0.1, 0.15) is 56.8 Å². The number of aryl methyl sites for hydroxylation is 1. The van der Waals surface area contributed by atoms with Gasteiger partial charge in [0.15, 0.2) is 22.8 Å². The Morgan fingerprint density at radius 2 is 1.94 bits per heavy atom. The summed E-state index contributed by atoms with van der Waals surface area (Å²) in [7, 11) is 0. The predicted octanol–water partition coefficient (Wildman–Crippen LogP) is 4.90. The Morgan fingerprint density at radius 3 is 2.55 bits per heavy atom. The van der Waals surface area contributed by atoms with Gasteiger partial charge in [-0.15, -0.1) is 0 Å². The monoisotopic (exact) mass is 424 g/mol. The van der Waals surface area contributed by atoms with Crippen molar-refractivity contribution in [2.75, 3.05) is 0 Å². The van der Waals surface area contributed by atoms with Crippen LogP contribution in [0.25, 0.3) is 11.0 Å². The normalized spacial score (nSPS) is 19.3. The molecule has 0 spiro atoms. The number of nitrogens with zero attached hydrogens (tertiary/aromatic N) is 1. The number of hydrogen-bond acceptors (Lipinski definition) is 5. The first-order valence-electron chi connectivity index (χ1n) is 10.3. The van der Waals surface area contributed by atoms with Crippen LogP contribution in [-0.2, 0) is 4.79 Å². The summed E-state index contributed by atoms with van der Waals surface area (Å²) in [5.74, 6) is -3.12. The van der Waals surface area contributed by atoms with E-state index in [0.29, 0.717) is 23.4 Å². The molecule has 2 aliphatic rings. The van der Waals surface area contributed by atoms with Crippen LogP contribution in [0.3, 0.4) is 0 Å². The minimum Gasteiger partial charge on any atom is -0.461 e. The van der Waals surface area contributed by atoms with Gasteiger partial charge in [0.1, 0.15) is 16.7 Å². The van der Waals surface area contributed by atoms with E-state index in [1.54, 1.807) is 13.8 Å². The van der Waals surface area contributed by atoms with E-state index in [9.17, 15) is 23.6 Å². The number of nitrogens with one attached hydrogen (secondary N) is 1. The molecule has 0 bridgehead atoms. The molecule has 1 aromatic carbocycles. The minimum atomic E-state index is -1.30. The Kier molecular flexibility index (Phi) is 5.26. The molecule has 1 unspecified atom stereocenters. The number of carbonyl (C=O) groups is 1. The van der Waals surface area contributed by atoms with E-state index >= 15 is 0 Å². The maximum Gasteiger partial charge on any atom is 0.196 e. The van der Waals surface area contributed by atoms with E-state index in [0.717, 1.165) is 31.4 Å². The summed E-state index contributed by atoms with van der Waals surface area (Å²) < 4.78 is 34.8. The van der Waals surface area contributed by atoms with Crippen LogP contribution in [0, 0.1) is 35.8 Å². The molecular formula is C24H22F2N2O3. The molecule has 7 heteroatoms. The van der Waals surface area contributed by atoms with E-state index in [1.807, 2.05) is 0 Å². The van der Waals surface area contributed by atoms with Crippen molar-refractivity contribution in [1.82, 2.24) is 5.32 Å². The number of halogens is 2. The van der Waals surface area contributed by atoms with Gasteiger partial charge < -0.3 is 9.73 Å². The highest BCUT2D eigenvalue weighted by molar-refractivity contribution is 6.00. The molecule has 1 N–H and O–H groups in total. The highest BCUT2D eigenvalue weighted by atomic mass is 19.2. The number of nitriles is 1. The van der Waals surface area contributed by atoms with E-state index < -0.39 is 28.4 Å². The average Bonchev–Trinajstić information content (AvgIpc) is 2.66. The second-order valence-electron chi connectivity index (χ2n) is 8.36. The molecule has 1 aliphatic carbocycles. The largest absolute Gasteiger partial charge is 0.461 e. The lowest BCUT2D eigenvalue weighted by Crippen LogP contribution is -2.29. The first-order valence-corrected chi connectivity index (χ1v) is 10.3. The zero-order chi connectivity index (χ0) is 22.4. The summed E-state index contributed by atoms with van der Waals surface area (Å²) >= 11 is 0. The summed E-state index contributed by atoms with van der Waals surface area (Å²) in [5.41, 5.74) is 0.844. The smallest absolute Gasteiger partial charge is 0.196 e. The molecule has 1 aliphatic heterocycles. The van der Waals surface area contributed by atoms with Gasteiger partial charge in [0.25, 0.3) is 0 Å². The first-order chi connectivity index (χ1) is 14.7. The molecule has 0 radical (unpaired) electrons. The van der Waals surface area contributed by atoms with Crippen molar-refractivity contribution < 1.29 is 18.0 Å². The summed E-state index contributed by atoms with van der Waals surface area (Å²) in [6, 6.07) is 4.14. The molecule has 5 nitrogen and oxygen atoms in total. The number of dihydropyridines is 1. The molecule has 1 saturated carbocycles. The van der Waals surface area contributed by atoms with Crippen LogP contribution < -0.4 is 10.7 Å². The van der Waals surface area contributed by atoms with Gasteiger partial charge in [-0.3, -0.25) is 9.59 Å². The fraction of sp³-hybridized carbons (Fsp3) is 0.375. The number of Topliss-reactive ketones (excluding diaryl/α,β-unsaturated/α-hetero) is 1. The third-order valence-electron chi connectivity index (χ3n) is 6.24. The summed E-state index contributed by atoms with van der Waals surface area (Å²) in [6.07, 6.45) is 3.35. The van der Waals surface area contributed by atoms with Crippen molar-refractivity contribution in [2.45, 2.75) is 52.4 Å². The molecule has 2 heterocycles. The molecule has 1 aromatic heterocycles. The third-order valence-corrected chi connectivity index (χ3v) is 6.24. The number of carbonyl (C=O) groups excluding carboxylic acids is 1. The van der Waals surface area contributed by atoms with Gasteiger partial charge in [-0.05, 0) is 32.8 Å². The molecule has 31 heavy (non-hydrogen) atoms. The minimum absolute atomic E-state index is 0.100. The lowest BCUT2D eigenvalue weighted by atomic mass is 9.74. The number of benzene rings is 1. The van der Waals surface area contributed by atoms with Crippen molar-refractivity contribution in [3.8, 4) is 6.07 Å². The Bertz CT molecular complexity index is 1280. The first kappa shape index (κ1) is 21.0. The van der Waals surface area contributed by atoms with Crippen molar-refractivity contribution in [1.29, 1.82) is 5.26 Å². The molecule has 0 saturated heterocycles. The molecule has 2 aromatic rings. The van der Waals surface area contributed by atoms with Crippen molar-refractivity contribution in [3.63, 3.8) is 0 Å². The summed E-state index contributed by atoms with van der Waals surface area (Å²) in [4.78, 5) is 25.8. The SMILES string of the molecule is CC1=C(C#N)C(c2cc(F)c(F)c3c(=O)cc(C)oc23)C(C(=O)CC2CCC2)=C(C)N1. The number of allylic oxidation sites excluding steroid dienone is 4. The van der Waals surface area contributed by atoms with E-state index in [2.05, 4.69) is 11.4 Å². The molecule has 4 rings (SSSR count). The maximum atomic E-state index is 14.6. The highest BCUT2D eigenvalue weighted by Crippen LogP contribution is 2.43. The number of fused-ring (bicyclic) bond motifs is 1. The number of hydrogen-bond donors (Lipinski definition) is 1. The maximum absolute atomic E-state index is 14.6. The van der Waals surface area contributed by atoms with Crippen molar-refractivity contribution >= 4 is 16.8 Å². The predicted molar refractivity (Wildman–Crippen MR) is 111 cm³/mol. The molecule has 1 fully saturated rings. The fourth-order valence-corrected chi connectivity index (χ4v) is 4.51. The van der Waals surface area contributed by atoms with Gasteiger partial charge in [-0.25, -0.2) is 8.78 Å². The molecular weight excluding hydrogens is 402 g/mol. The Labute approximate surface area is 178 Å². The van der Waals surface area contributed by atoms with E-state index in [-0.39, 0.29) is 34.2 Å². The van der Waals surface area contributed by atoms with E-state index in [1.165, 1.54) is 6.92 Å². The van der Waals surface area contributed by atoms with E-state index in [4.69, 9.17) is 4.42 Å². The van der Waals surface area contributed by atoms with Gasteiger partial charge >= 0.3 is 0 Å². The number of ketones is 1. The van der Waals surface area contributed by atoms with Crippen LogP contribution >= 0.6 is 0 Å². The topological polar surface area (TPSA) is 83.1 Å². The van der Waals surface area contributed by atoms with Gasteiger partial charge in [0, 0.05) is 35.0 Å². The molecule has 1 atom stereocenters. The molecule has 0 amide bonds. The van der Waals surface area contributed by atoms with Crippen LogP contribution in [0.2, 0.25) is 0 Å². The average molecular weight is 424 g/mol. The van der Waals surface area contributed by atoms with Crippen molar-refractivity contribution in [2.24, 2.45) is 5.92 Å². The standard InChI is InChI=1S/C24H22F2N2O3/c1-11-7-18(29)22-23(26)17(25)9-15(24(22)31-11)21-16(10-27)12(2)28-13(3)20(21)19(30)8-14-5-4-6-14/h7,9,14,21,28H,4-6,8H2,1-3H3. The Balaban J connectivity index is 2.00. The third kappa shape index (κ3) is 3.46. The lowest BCUT2D eigenvalue weighted by Gasteiger charge is -2.31. The van der Waals surface area contributed by atoms with Gasteiger partial charge in [-0.2, -0.15) is 5.26 Å². The summed E-state index contributed by atoms with van der Waals surface area (Å²) in [5, 5.41) is 12.4. The Morgan fingerprint density at radius 1 is 1.23 bits per heavy atom. The van der Waals surface area contributed by atoms with Gasteiger partial charge in [-0.1, -0.05) is 19.3 Å². The van der Waals surface area contributed by atoms with Crippen LogP contribution in [-0.4, -0.2) is 5.78 Å². The quantitative estimate of drug-likeness (QED) is 0.755. The van der Waals surface area contributed by atoms with Gasteiger partial charge in [0.2, 0.25) is 0 Å². The lowest BCUT2D eigenvalue weighted by molar-refractivity contribution is -0.117. The Hall–Kier alpha value is -3.27. The van der Waals surface area contributed by atoms with Crippen molar-refractivity contribution in [3.05, 3.63) is 67.9 Å².